The van der Waals surface area contributed by atoms with Crippen LogP contribution >= 0.6 is 11.8 Å². The predicted octanol–water partition coefficient (Wildman–Crippen LogP) is 6.62. The first-order valence-corrected chi connectivity index (χ1v) is 11.4. The minimum absolute atomic E-state index is 0.0797. The number of thioether (sulfide) groups is 1. The minimum atomic E-state index is -0.431. The molecule has 0 unspecified atom stereocenters. The largest absolute Gasteiger partial charge is 0.317 e. The molecule has 1 aliphatic rings. The van der Waals surface area contributed by atoms with E-state index in [9.17, 15) is 14.0 Å². The van der Waals surface area contributed by atoms with Gasteiger partial charge in [0.1, 0.15) is 5.82 Å². The van der Waals surface area contributed by atoms with Crippen molar-refractivity contribution in [3.05, 3.63) is 106 Å². The van der Waals surface area contributed by atoms with Crippen LogP contribution in [0.3, 0.4) is 0 Å². The summed E-state index contributed by atoms with van der Waals surface area (Å²) in [5.74, 6) is -0.831. The minimum Gasteiger partial charge on any atom is -0.317 e. The van der Waals surface area contributed by atoms with E-state index < -0.39 is 17.0 Å². The molecule has 0 saturated carbocycles. The molecule has 0 bridgehead atoms. The van der Waals surface area contributed by atoms with Gasteiger partial charge < -0.3 is 4.57 Å². The summed E-state index contributed by atoms with van der Waals surface area (Å²) < 4.78 is 16.2. The summed E-state index contributed by atoms with van der Waals surface area (Å²) in [5.41, 5.74) is 4.26. The number of carbonyl (C=O) groups excluding carboxylic acids is 2. The van der Waals surface area contributed by atoms with Gasteiger partial charge in [0.15, 0.2) is 0 Å². The molecule has 1 aliphatic heterocycles. The molecule has 3 aromatic carbocycles. The molecule has 6 heteroatoms. The Balaban J connectivity index is 1.50. The Labute approximate surface area is 195 Å². The fourth-order valence-corrected chi connectivity index (χ4v) is 5.11. The van der Waals surface area contributed by atoms with Crippen molar-refractivity contribution in [1.82, 2.24) is 9.47 Å². The van der Waals surface area contributed by atoms with Crippen molar-refractivity contribution in [2.24, 2.45) is 0 Å². The maximum atomic E-state index is 14.0. The monoisotopic (exact) mass is 456 g/mol. The Morgan fingerprint density at radius 2 is 1.67 bits per heavy atom. The Hall–Kier alpha value is -3.64. The quantitative estimate of drug-likeness (QED) is 0.324. The molecule has 0 aliphatic carbocycles. The maximum absolute atomic E-state index is 14.0. The van der Waals surface area contributed by atoms with E-state index in [0.29, 0.717) is 10.5 Å². The number of halogens is 1. The zero-order valence-corrected chi connectivity index (χ0v) is 19.0. The SMILES string of the molecule is Cc1cc(/C=C2\SC(=O)N(Cc3ccccc3F)C2=O)c(C)n1-c1cccc2ccccc12. The predicted molar refractivity (Wildman–Crippen MR) is 131 cm³/mol. The lowest BCUT2D eigenvalue weighted by Crippen LogP contribution is -2.27. The van der Waals surface area contributed by atoms with Crippen molar-refractivity contribution >= 4 is 39.8 Å². The van der Waals surface area contributed by atoms with Crippen LogP contribution in [0.25, 0.3) is 22.5 Å². The summed E-state index contributed by atoms with van der Waals surface area (Å²) in [6, 6.07) is 22.6. The second-order valence-corrected chi connectivity index (χ2v) is 9.01. The van der Waals surface area contributed by atoms with Crippen molar-refractivity contribution in [1.29, 1.82) is 0 Å². The topological polar surface area (TPSA) is 42.3 Å². The van der Waals surface area contributed by atoms with Crippen molar-refractivity contribution in [3.8, 4) is 5.69 Å². The number of aromatic nitrogens is 1. The van der Waals surface area contributed by atoms with Crippen LogP contribution in [0.4, 0.5) is 9.18 Å². The van der Waals surface area contributed by atoms with Crippen molar-refractivity contribution in [2.45, 2.75) is 20.4 Å². The van der Waals surface area contributed by atoms with E-state index in [2.05, 4.69) is 28.8 Å². The number of aryl methyl sites for hydroxylation is 1. The van der Waals surface area contributed by atoms with Crippen molar-refractivity contribution < 1.29 is 14.0 Å². The number of carbonyl (C=O) groups is 2. The summed E-state index contributed by atoms with van der Waals surface area (Å²) in [6.45, 7) is 3.95. The highest BCUT2D eigenvalue weighted by Gasteiger charge is 2.35. The standard InChI is InChI=1S/C27H21FN2O2S/c1-17-14-21(18(2)30(17)24-13-7-10-19-8-3-5-11-22(19)24)15-25-26(31)29(27(32)33-25)16-20-9-4-6-12-23(20)28/h3-15H,16H2,1-2H3/b25-15-. The van der Waals surface area contributed by atoms with Crippen LogP contribution in [0.5, 0.6) is 0 Å². The molecule has 2 heterocycles. The highest BCUT2D eigenvalue weighted by Crippen LogP contribution is 2.35. The van der Waals surface area contributed by atoms with Crippen LogP contribution < -0.4 is 0 Å². The number of imide groups is 1. The highest BCUT2D eigenvalue weighted by molar-refractivity contribution is 8.18. The lowest BCUT2D eigenvalue weighted by Gasteiger charge is -2.13. The van der Waals surface area contributed by atoms with Gasteiger partial charge in [0.2, 0.25) is 0 Å². The second kappa shape index (κ2) is 8.37. The van der Waals surface area contributed by atoms with Crippen LogP contribution in [0.1, 0.15) is 22.5 Å². The first-order valence-electron chi connectivity index (χ1n) is 10.6. The molecule has 2 amide bonds. The van der Waals surface area contributed by atoms with Gasteiger partial charge in [0, 0.05) is 22.3 Å². The lowest BCUT2D eigenvalue weighted by atomic mass is 10.1. The van der Waals surface area contributed by atoms with E-state index in [1.165, 1.54) is 6.07 Å². The molecule has 0 radical (unpaired) electrons. The van der Waals surface area contributed by atoms with Gasteiger partial charge in [-0.25, -0.2) is 4.39 Å². The number of fused-ring (bicyclic) bond motifs is 1. The zero-order valence-electron chi connectivity index (χ0n) is 18.2. The van der Waals surface area contributed by atoms with E-state index in [1.54, 1.807) is 24.3 Å². The van der Waals surface area contributed by atoms with Crippen LogP contribution in [-0.2, 0) is 11.3 Å². The van der Waals surface area contributed by atoms with E-state index in [0.717, 1.165) is 50.1 Å². The summed E-state index contributed by atoms with van der Waals surface area (Å²) in [5, 5.41) is 1.90. The Morgan fingerprint density at radius 1 is 0.939 bits per heavy atom. The fourth-order valence-electron chi connectivity index (χ4n) is 4.28. The van der Waals surface area contributed by atoms with Crippen LogP contribution in [0, 0.1) is 19.7 Å². The third kappa shape index (κ3) is 3.76. The normalized spacial score (nSPS) is 15.2. The van der Waals surface area contributed by atoms with Crippen LogP contribution in [0.2, 0.25) is 0 Å². The Kier molecular flexibility index (Phi) is 5.38. The van der Waals surface area contributed by atoms with Crippen LogP contribution in [0.15, 0.2) is 77.7 Å². The molecule has 4 nitrogen and oxygen atoms in total. The van der Waals surface area contributed by atoms with Crippen LogP contribution in [-0.4, -0.2) is 20.6 Å². The fraction of sp³-hybridized carbons (Fsp3) is 0.111. The van der Waals surface area contributed by atoms with Gasteiger partial charge in [-0.1, -0.05) is 54.6 Å². The van der Waals surface area contributed by atoms with E-state index in [4.69, 9.17) is 0 Å². The molecule has 33 heavy (non-hydrogen) atoms. The molecular weight excluding hydrogens is 435 g/mol. The van der Waals surface area contributed by atoms with Gasteiger partial charge in [-0.15, -0.1) is 0 Å². The van der Waals surface area contributed by atoms with E-state index >= 15 is 0 Å². The highest BCUT2D eigenvalue weighted by atomic mass is 32.2. The number of amides is 2. The number of hydrogen-bond acceptors (Lipinski definition) is 3. The van der Waals surface area contributed by atoms with Gasteiger partial charge in [0.05, 0.1) is 17.1 Å². The second-order valence-electron chi connectivity index (χ2n) is 8.02. The summed E-state index contributed by atoms with van der Waals surface area (Å²) in [7, 11) is 0. The zero-order chi connectivity index (χ0) is 23.1. The third-order valence-corrected chi connectivity index (χ3v) is 6.83. The first-order chi connectivity index (χ1) is 15.9. The molecule has 1 aromatic heterocycles. The average molecular weight is 457 g/mol. The summed E-state index contributed by atoms with van der Waals surface area (Å²) in [4.78, 5) is 26.9. The number of nitrogens with zero attached hydrogens (tertiary/aromatic N) is 2. The van der Waals surface area contributed by atoms with Gasteiger partial charge in [-0.05, 0) is 60.8 Å². The van der Waals surface area contributed by atoms with Gasteiger partial charge >= 0.3 is 0 Å². The molecule has 0 spiro atoms. The average Bonchev–Trinajstić information content (AvgIpc) is 3.24. The number of benzene rings is 3. The van der Waals surface area contributed by atoms with E-state index in [1.807, 2.05) is 38.1 Å². The van der Waals surface area contributed by atoms with Crippen molar-refractivity contribution in [3.63, 3.8) is 0 Å². The van der Waals surface area contributed by atoms with Gasteiger partial charge in [0.25, 0.3) is 11.1 Å². The Bertz CT molecular complexity index is 1450. The first kappa shape index (κ1) is 21.2. The third-order valence-electron chi connectivity index (χ3n) is 5.92. The smallest absolute Gasteiger partial charge is 0.293 e. The molecular formula is C27H21FN2O2S. The molecule has 0 N–H and O–H groups in total. The molecule has 164 valence electrons. The van der Waals surface area contributed by atoms with E-state index in [-0.39, 0.29) is 6.54 Å². The number of rotatable bonds is 4. The summed E-state index contributed by atoms with van der Waals surface area (Å²) in [6.07, 6.45) is 1.76. The molecule has 0 atom stereocenters. The van der Waals surface area contributed by atoms with Gasteiger partial charge in [-0.2, -0.15) is 0 Å². The molecule has 4 aromatic rings. The molecule has 1 saturated heterocycles. The molecule has 1 fully saturated rings. The Morgan fingerprint density at radius 3 is 2.48 bits per heavy atom. The maximum Gasteiger partial charge on any atom is 0.293 e. The van der Waals surface area contributed by atoms with Gasteiger partial charge in [-0.3, -0.25) is 14.5 Å². The summed E-state index contributed by atoms with van der Waals surface area (Å²) >= 11 is 0.891. The lowest BCUT2D eigenvalue weighted by molar-refractivity contribution is -0.123. The number of hydrogen-bond donors (Lipinski definition) is 0. The molecule has 5 rings (SSSR count). The van der Waals surface area contributed by atoms with Crippen molar-refractivity contribution in [2.75, 3.05) is 0 Å².